The van der Waals surface area contributed by atoms with Crippen molar-refractivity contribution >= 4 is 0 Å². The van der Waals surface area contributed by atoms with Crippen molar-refractivity contribution in [1.29, 1.82) is 0 Å². The van der Waals surface area contributed by atoms with Crippen molar-refractivity contribution in [3.05, 3.63) is 30.3 Å². The first-order valence-electron chi connectivity index (χ1n) is 4.80. The van der Waals surface area contributed by atoms with Crippen molar-refractivity contribution < 1.29 is 4.74 Å². The number of para-hydroxylation sites is 1. The highest BCUT2D eigenvalue weighted by Crippen LogP contribution is 2.19. The second-order valence-electron chi connectivity index (χ2n) is 3.94. The number of hydrogen-bond donors (Lipinski definition) is 0. The first-order chi connectivity index (χ1) is 6.64. The molecule has 0 N–H and O–H groups in total. The maximum absolute atomic E-state index is 5.55. The van der Waals surface area contributed by atoms with E-state index in [4.69, 9.17) is 11.2 Å². The van der Waals surface area contributed by atoms with Gasteiger partial charge in [-0.2, -0.15) is 0 Å². The summed E-state index contributed by atoms with van der Waals surface area (Å²) in [4.78, 5) is 0. The van der Waals surface area contributed by atoms with Crippen molar-refractivity contribution in [3.63, 3.8) is 0 Å². The fraction of sp³-hybridized carbons (Fsp3) is 0.385. The molecule has 1 aromatic carbocycles. The second-order valence-corrected chi connectivity index (χ2v) is 3.94. The van der Waals surface area contributed by atoms with E-state index in [1.807, 2.05) is 44.2 Å². The molecule has 0 aliphatic carbocycles. The molecule has 0 saturated heterocycles. The van der Waals surface area contributed by atoms with Crippen LogP contribution in [0.15, 0.2) is 30.3 Å². The van der Waals surface area contributed by atoms with Crippen LogP contribution >= 0.6 is 0 Å². The van der Waals surface area contributed by atoms with E-state index in [1.165, 1.54) is 0 Å². The number of benzene rings is 1. The number of rotatable bonds is 4. The summed E-state index contributed by atoms with van der Waals surface area (Å²) in [7, 11) is 0. The number of ether oxygens (including phenoxy) is 1. The van der Waals surface area contributed by atoms with Gasteiger partial charge in [0.15, 0.2) is 0 Å². The topological polar surface area (TPSA) is 9.23 Å². The quantitative estimate of drug-likeness (QED) is 0.660. The zero-order valence-corrected chi connectivity index (χ0v) is 8.79. The molecule has 0 saturated carbocycles. The minimum Gasteiger partial charge on any atom is -0.494 e. The van der Waals surface area contributed by atoms with Crippen molar-refractivity contribution in [3.8, 4) is 18.1 Å². The first kappa shape index (κ1) is 10.7. The molecular formula is C13H16O. The van der Waals surface area contributed by atoms with Gasteiger partial charge in [0.2, 0.25) is 0 Å². The lowest BCUT2D eigenvalue weighted by Crippen LogP contribution is -2.13. The minimum atomic E-state index is -0.0746. The zero-order chi connectivity index (χ0) is 10.4. The fourth-order valence-electron chi connectivity index (χ4n) is 1.01. The molecule has 14 heavy (non-hydrogen) atoms. The summed E-state index contributed by atoms with van der Waals surface area (Å²) in [6.45, 7) is 4.75. The van der Waals surface area contributed by atoms with Crippen LogP contribution < -0.4 is 4.74 Å². The van der Waals surface area contributed by atoms with Crippen LogP contribution in [-0.2, 0) is 0 Å². The van der Waals surface area contributed by atoms with Crippen LogP contribution in [0.1, 0.15) is 20.3 Å². The van der Waals surface area contributed by atoms with Crippen LogP contribution in [0, 0.1) is 17.8 Å². The standard InChI is InChI=1S/C13H16O/c1-4-13(2,3)10-11-14-12-8-6-5-7-9-12/h1,5-9H,10-11H2,2-3H3. The molecule has 0 amide bonds. The highest BCUT2D eigenvalue weighted by Gasteiger charge is 2.13. The van der Waals surface area contributed by atoms with E-state index in [9.17, 15) is 0 Å². The molecule has 0 atom stereocenters. The molecule has 0 unspecified atom stereocenters. The van der Waals surface area contributed by atoms with Crippen molar-refractivity contribution in [1.82, 2.24) is 0 Å². The molecular weight excluding hydrogens is 172 g/mol. The Labute approximate surface area is 86.1 Å². The van der Waals surface area contributed by atoms with Crippen LogP contribution in [-0.4, -0.2) is 6.61 Å². The molecule has 1 heteroatoms. The van der Waals surface area contributed by atoms with Crippen LogP contribution in [0.25, 0.3) is 0 Å². The van der Waals surface area contributed by atoms with E-state index >= 15 is 0 Å². The van der Waals surface area contributed by atoms with Crippen LogP contribution in [0.2, 0.25) is 0 Å². The Morgan fingerprint density at radius 2 is 1.93 bits per heavy atom. The lowest BCUT2D eigenvalue weighted by atomic mass is 9.91. The van der Waals surface area contributed by atoms with Gasteiger partial charge in [-0.1, -0.05) is 18.2 Å². The van der Waals surface area contributed by atoms with Gasteiger partial charge in [-0.05, 0) is 32.4 Å². The van der Waals surface area contributed by atoms with Crippen molar-refractivity contribution in [2.75, 3.05) is 6.61 Å². The summed E-state index contributed by atoms with van der Waals surface area (Å²) in [5, 5.41) is 0. The van der Waals surface area contributed by atoms with Crippen molar-refractivity contribution in [2.45, 2.75) is 20.3 Å². The Bertz CT molecular complexity index is 306. The van der Waals surface area contributed by atoms with E-state index in [1.54, 1.807) is 0 Å². The molecule has 1 nitrogen and oxygen atoms in total. The van der Waals surface area contributed by atoms with E-state index in [0.717, 1.165) is 12.2 Å². The monoisotopic (exact) mass is 188 g/mol. The maximum Gasteiger partial charge on any atom is 0.119 e. The number of hydrogen-bond acceptors (Lipinski definition) is 1. The molecule has 0 fully saturated rings. The normalized spacial score (nSPS) is 10.6. The molecule has 0 aromatic heterocycles. The Hall–Kier alpha value is -1.42. The van der Waals surface area contributed by atoms with Crippen LogP contribution in [0.5, 0.6) is 5.75 Å². The van der Waals surface area contributed by atoms with Gasteiger partial charge < -0.3 is 4.74 Å². The predicted octanol–water partition coefficient (Wildman–Crippen LogP) is 3.11. The third-order valence-corrected chi connectivity index (χ3v) is 2.13. The molecule has 1 aromatic rings. The maximum atomic E-state index is 5.55. The molecule has 0 bridgehead atoms. The zero-order valence-electron chi connectivity index (χ0n) is 8.79. The first-order valence-corrected chi connectivity index (χ1v) is 4.80. The minimum absolute atomic E-state index is 0.0746. The highest BCUT2D eigenvalue weighted by atomic mass is 16.5. The molecule has 0 heterocycles. The lowest BCUT2D eigenvalue weighted by Gasteiger charge is -2.17. The molecule has 1 rings (SSSR count). The predicted molar refractivity (Wildman–Crippen MR) is 59.2 cm³/mol. The van der Waals surface area contributed by atoms with Crippen LogP contribution in [0.3, 0.4) is 0 Å². The van der Waals surface area contributed by atoms with E-state index in [-0.39, 0.29) is 5.41 Å². The summed E-state index contributed by atoms with van der Waals surface area (Å²) in [6.07, 6.45) is 6.25. The average Bonchev–Trinajstić information content (AvgIpc) is 2.19. The highest BCUT2D eigenvalue weighted by molar-refractivity contribution is 5.20. The van der Waals surface area contributed by atoms with Gasteiger partial charge in [-0.15, -0.1) is 12.3 Å². The summed E-state index contributed by atoms with van der Waals surface area (Å²) >= 11 is 0. The average molecular weight is 188 g/mol. The molecule has 0 aliphatic rings. The SMILES string of the molecule is C#CC(C)(C)CCOc1ccccc1. The van der Waals surface area contributed by atoms with E-state index < -0.39 is 0 Å². The lowest BCUT2D eigenvalue weighted by molar-refractivity contribution is 0.266. The van der Waals surface area contributed by atoms with E-state index in [0.29, 0.717) is 6.61 Å². The van der Waals surface area contributed by atoms with Gasteiger partial charge in [-0.25, -0.2) is 0 Å². The van der Waals surface area contributed by atoms with Gasteiger partial charge in [0, 0.05) is 5.41 Å². The summed E-state index contributed by atoms with van der Waals surface area (Å²) in [5.41, 5.74) is -0.0746. The van der Waals surface area contributed by atoms with Crippen molar-refractivity contribution in [2.24, 2.45) is 5.41 Å². The third-order valence-electron chi connectivity index (χ3n) is 2.13. The van der Waals surface area contributed by atoms with Gasteiger partial charge in [0.05, 0.1) is 6.61 Å². The largest absolute Gasteiger partial charge is 0.494 e. The van der Waals surface area contributed by atoms with E-state index in [2.05, 4.69) is 5.92 Å². The fourth-order valence-corrected chi connectivity index (χ4v) is 1.01. The second kappa shape index (κ2) is 4.72. The van der Waals surface area contributed by atoms with Gasteiger partial charge in [-0.3, -0.25) is 0 Å². The smallest absolute Gasteiger partial charge is 0.119 e. The number of terminal acetylenes is 1. The molecule has 0 spiro atoms. The van der Waals surface area contributed by atoms with Gasteiger partial charge in [0.1, 0.15) is 5.75 Å². The molecule has 74 valence electrons. The summed E-state index contributed by atoms with van der Waals surface area (Å²) in [6, 6.07) is 9.79. The Morgan fingerprint density at radius 1 is 1.29 bits per heavy atom. The Kier molecular flexibility index (Phi) is 3.59. The Morgan fingerprint density at radius 3 is 2.50 bits per heavy atom. The van der Waals surface area contributed by atoms with Gasteiger partial charge >= 0.3 is 0 Å². The van der Waals surface area contributed by atoms with Gasteiger partial charge in [0.25, 0.3) is 0 Å². The Balaban J connectivity index is 2.34. The molecule has 0 radical (unpaired) electrons. The summed E-state index contributed by atoms with van der Waals surface area (Å²) < 4.78 is 5.55. The molecule has 0 aliphatic heterocycles. The third kappa shape index (κ3) is 3.53. The summed E-state index contributed by atoms with van der Waals surface area (Å²) in [5.74, 6) is 3.65. The van der Waals surface area contributed by atoms with Crippen LogP contribution in [0.4, 0.5) is 0 Å².